The highest BCUT2D eigenvalue weighted by atomic mass is 16.5. The van der Waals surface area contributed by atoms with Crippen molar-refractivity contribution in [2.75, 3.05) is 32.8 Å². The molecule has 0 amide bonds. The lowest BCUT2D eigenvalue weighted by atomic mass is 10.0. The van der Waals surface area contributed by atoms with E-state index >= 15 is 0 Å². The van der Waals surface area contributed by atoms with E-state index in [1.807, 2.05) is 0 Å². The standard InChI is InChI=1S/C14H30N2O/c1-4-7-10-16(6-3)14-12-17-11-8-13(14)15-9-5-2/h13-15H,4-12H2,1-3H3. The molecule has 1 fully saturated rings. The van der Waals surface area contributed by atoms with Gasteiger partial charge in [0.15, 0.2) is 0 Å². The SMILES string of the molecule is CCCCN(CC)C1COCCC1NCCC. The Morgan fingerprint density at radius 3 is 2.71 bits per heavy atom. The Balaban J connectivity index is 2.48. The van der Waals surface area contributed by atoms with E-state index in [9.17, 15) is 0 Å². The largest absolute Gasteiger partial charge is 0.380 e. The first-order valence-electron chi connectivity index (χ1n) is 7.38. The summed E-state index contributed by atoms with van der Waals surface area (Å²) in [6.07, 6.45) is 4.94. The van der Waals surface area contributed by atoms with Gasteiger partial charge in [-0.1, -0.05) is 27.2 Å². The zero-order valence-electron chi connectivity index (χ0n) is 11.9. The summed E-state index contributed by atoms with van der Waals surface area (Å²) in [7, 11) is 0. The Labute approximate surface area is 107 Å². The second kappa shape index (κ2) is 8.90. The van der Waals surface area contributed by atoms with E-state index in [2.05, 4.69) is 31.0 Å². The van der Waals surface area contributed by atoms with Gasteiger partial charge in [0.1, 0.15) is 0 Å². The van der Waals surface area contributed by atoms with Crippen LogP contribution in [0.1, 0.15) is 46.5 Å². The molecule has 2 unspecified atom stereocenters. The van der Waals surface area contributed by atoms with Crippen LogP contribution in [-0.4, -0.2) is 49.8 Å². The van der Waals surface area contributed by atoms with Crippen LogP contribution in [0.4, 0.5) is 0 Å². The van der Waals surface area contributed by atoms with E-state index in [1.165, 1.54) is 25.8 Å². The van der Waals surface area contributed by atoms with Crippen molar-refractivity contribution < 1.29 is 4.74 Å². The lowest BCUT2D eigenvalue weighted by molar-refractivity contribution is -0.00182. The normalized spacial score (nSPS) is 25.4. The molecule has 2 atom stereocenters. The lowest BCUT2D eigenvalue weighted by Gasteiger charge is -2.40. The monoisotopic (exact) mass is 242 g/mol. The van der Waals surface area contributed by atoms with E-state index in [4.69, 9.17) is 4.74 Å². The summed E-state index contributed by atoms with van der Waals surface area (Å²) in [6.45, 7) is 12.1. The summed E-state index contributed by atoms with van der Waals surface area (Å²) < 4.78 is 5.67. The Morgan fingerprint density at radius 1 is 1.24 bits per heavy atom. The van der Waals surface area contributed by atoms with Gasteiger partial charge in [-0.2, -0.15) is 0 Å². The molecular weight excluding hydrogens is 212 g/mol. The van der Waals surface area contributed by atoms with E-state index in [1.54, 1.807) is 0 Å². The van der Waals surface area contributed by atoms with Crippen molar-refractivity contribution in [1.82, 2.24) is 10.2 Å². The maximum atomic E-state index is 5.67. The van der Waals surface area contributed by atoms with Crippen molar-refractivity contribution in [3.63, 3.8) is 0 Å². The first kappa shape index (κ1) is 14.9. The highest BCUT2D eigenvalue weighted by Crippen LogP contribution is 2.15. The fourth-order valence-corrected chi connectivity index (χ4v) is 2.57. The molecule has 0 aliphatic carbocycles. The average Bonchev–Trinajstić information content (AvgIpc) is 2.38. The first-order valence-corrected chi connectivity index (χ1v) is 7.38. The van der Waals surface area contributed by atoms with Gasteiger partial charge in [-0.05, 0) is 38.9 Å². The molecule has 0 aromatic carbocycles. The molecule has 1 heterocycles. The predicted molar refractivity (Wildman–Crippen MR) is 73.5 cm³/mol. The van der Waals surface area contributed by atoms with Gasteiger partial charge in [0, 0.05) is 18.7 Å². The molecule has 1 aliphatic rings. The lowest BCUT2D eigenvalue weighted by Crippen LogP contribution is -2.55. The Morgan fingerprint density at radius 2 is 2.06 bits per heavy atom. The summed E-state index contributed by atoms with van der Waals surface area (Å²) in [5.74, 6) is 0. The van der Waals surface area contributed by atoms with Crippen molar-refractivity contribution in [3.8, 4) is 0 Å². The number of rotatable bonds is 8. The van der Waals surface area contributed by atoms with Gasteiger partial charge in [0.05, 0.1) is 6.61 Å². The van der Waals surface area contributed by atoms with Crippen LogP contribution in [0.25, 0.3) is 0 Å². The van der Waals surface area contributed by atoms with Crippen molar-refractivity contribution in [2.24, 2.45) is 0 Å². The van der Waals surface area contributed by atoms with Gasteiger partial charge in [-0.25, -0.2) is 0 Å². The van der Waals surface area contributed by atoms with E-state index in [-0.39, 0.29) is 0 Å². The van der Waals surface area contributed by atoms with Crippen LogP contribution in [0.2, 0.25) is 0 Å². The van der Waals surface area contributed by atoms with Crippen molar-refractivity contribution in [2.45, 2.75) is 58.5 Å². The molecule has 0 spiro atoms. The minimum atomic E-state index is 0.576. The Bertz CT molecular complexity index is 177. The third-order valence-corrected chi connectivity index (χ3v) is 3.66. The van der Waals surface area contributed by atoms with Gasteiger partial charge in [-0.3, -0.25) is 4.90 Å². The van der Waals surface area contributed by atoms with E-state index < -0.39 is 0 Å². The maximum absolute atomic E-state index is 5.67. The van der Waals surface area contributed by atoms with Crippen molar-refractivity contribution >= 4 is 0 Å². The maximum Gasteiger partial charge on any atom is 0.0637 e. The molecule has 1 N–H and O–H groups in total. The Kier molecular flexibility index (Phi) is 7.82. The molecule has 0 aromatic rings. The second-order valence-corrected chi connectivity index (χ2v) is 4.97. The van der Waals surface area contributed by atoms with Gasteiger partial charge in [-0.15, -0.1) is 0 Å². The second-order valence-electron chi connectivity index (χ2n) is 4.97. The number of nitrogens with one attached hydrogen (secondary N) is 1. The molecule has 102 valence electrons. The number of nitrogens with zero attached hydrogens (tertiary/aromatic N) is 1. The minimum Gasteiger partial charge on any atom is -0.380 e. The zero-order chi connectivity index (χ0) is 12.5. The van der Waals surface area contributed by atoms with E-state index in [0.717, 1.165) is 32.7 Å². The van der Waals surface area contributed by atoms with Gasteiger partial charge in [0.2, 0.25) is 0 Å². The predicted octanol–water partition coefficient (Wildman–Crippen LogP) is 2.27. The third kappa shape index (κ3) is 4.94. The highest BCUT2D eigenvalue weighted by Gasteiger charge is 2.29. The van der Waals surface area contributed by atoms with Gasteiger partial charge < -0.3 is 10.1 Å². The average molecular weight is 242 g/mol. The van der Waals surface area contributed by atoms with Crippen LogP contribution < -0.4 is 5.32 Å². The smallest absolute Gasteiger partial charge is 0.0637 e. The molecule has 0 aromatic heterocycles. The van der Waals surface area contributed by atoms with Crippen LogP contribution >= 0.6 is 0 Å². The summed E-state index contributed by atoms with van der Waals surface area (Å²) in [5, 5.41) is 3.69. The Hall–Kier alpha value is -0.120. The number of hydrogen-bond acceptors (Lipinski definition) is 3. The molecule has 0 bridgehead atoms. The van der Waals surface area contributed by atoms with Crippen LogP contribution in [-0.2, 0) is 4.74 Å². The summed E-state index contributed by atoms with van der Waals surface area (Å²) in [6, 6.07) is 1.20. The van der Waals surface area contributed by atoms with Crippen LogP contribution in [0.5, 0.6) is 0 Å². The number of unbranched alkanes of at least 4 members (excludes halogenated alkanes) is 1. The fourth-order valence-electron chi connectivity index (χ4n) is 2.57. The summed E-state index contributed by atoms with van der Waals surface area (Å²) in [4.78, 5) is 2.59. The summed E-state index contributed by atoms with van der Waals surface area (Å²) >= 11 is 0. The molecule has 17 heavy (non-hydrogen) atoms. The zero-order valence-corrected chi connectivity index (χ0v) is 11.9. The molecular formula is C14H30N2O. The van der Waals surface area contributed by atoms with Crippen LogP contribution in [0, 0.1) is 0 Å². The summed E-state index contributed by atoms with van der Waals surface area (Å²) in [5.41, 5.74) is 0. The van der Waals surface area contributed by atoms with Gasteiger partial charge in [0.25, 0.3) is 0 Å². The number of hydrogen-bond donors (Lipinski definition) is 1. The topological polar surface area (TPSA) is 24.5 Å². The first-order chi connectivity index (χ1) is 8.33. The highest BCUT2D eigenvalue weighted by molar-refractivity contribution is 4.87. The minimum absolute atomic E-state index is 0.576. The number of likely N-dealkylation sites (N-methyl/N-ethyl adjacent to an activating group) is 1. The molecule has 3 heteroatoms. The molecule has 1 aliphatic heterocycles. The molecule has 1 saturated heterocycles. The number of ether oxygens (including phenoxy) is 1. The molecule has 3 nitrogen and oxygen atoms in total. The van der Waals surface area contributed by atoms with E-state index in [0.29, 0.717) is 12.1 Å². The van der Waals surface area contributed by atoms with Crippen molar-refractivity contribution in [1.29, 1.82) is 0 Å². The molecule has 0 radical (unpaired) electrons. The molecule has 0 saturated carbocycles. The fraction of sp³-hybridized carbons (Fsp3) is 1.00. The van der Waals surface area contributed by atoms with Crippen LogP contribution in [0.3, 0.4) is 0 Å². The van der Waals surface area contributed by atoms with Gasteiger partial charge >= 0.3 is 0 Å². The molecule has 1 rings (SSSR count). The third-order valence-electron chi connectivity index (χ3n) is 3.66. The van der Waals surface area contributed by atoms with Crippen LogP contribution in [0.15, 0.2) is 0 Å². The quantitative estimate of drug-likeness (QED) is 0.706. The van der Waals surface area contributed by atoms with Crippen molar-refractivity contribution in [3.05, 3.63) is 0 Å².